The van der Waals surface area contributed by atoms with E-state index in [1.54, 1.807) is 12.1 Å². The molecule has 2 aromatic carbocycles. The zero-order valence-corrected chi connectivity index (χ0v) is 17.8. The van der Waals surface area contributed by atoms with Crippen molar-refractivity contribution in [2.75, 3.05) is 7.11 Å². The zero-order chi connectivity index (χ0) is 21.3. The van der Waals surface area contributed by atoms with E-state index in [4.69, 9.17) is 9.47 Å². The van der Waals surface area contributed by atoms with Crippen molar-refractivity contribution in [3.05, 3.63) is 77.9 Å². The van der Waals surface area contributed by atoms with Gasteiger partial charge in [-0.25, -0.2) is 0 Å². The SMILES string of the molecule is COC(=O)[C@@H]1[C@H]2C=C[C@H](C2)[C@@]1(C(=O)OCc1ccccc1)[S@@](=O)c1ccc(C)cc1. The molecular formula is C24H24O5S. The molecule has 0 aromatic heterocycles. The molecule has 2 aromatic rings. The van der Waals surface area contributed by atoms with Gasteiger partial charge in [0.25, 0.3) is 0 Å². The predicted octanol–water partition coefficient (Wildman–Crippen LogP) is 3.58. The summed E-state index contributed by atoms with van der Waals surface area (Å²) in [5.41, 5.74) is 1.85. The van der Waals surface area contributed by atoms with E-state index in [1.165, 1.54) is 7.11 Å². The lowest BCUT2D eigenvalue weighted by Crippen LogP contribution is -2.56. The Balaban J connectivity index is 1.75. The fourth-order valence-corrected chi connectivity index (χ4v) is 6.55. The van der Waals surface area contributed by atoms with Crippen LogP contribution in [0.3, 0.4) is 0 Å². The molecule has 5 nitrogen and oxygen atoms in total. The fraction of sp³-hybridized carbons (Fsp3) is 0.333. The number of benzene rings is 2. The molecule has 0 unspecified atom stereocenters. The minimum atomic E-state index is -1.79. The topological polar surface area (TPSA) is 69.7 Å². The number of methoxy groups -OCH3 is 1. The van der Waals surface area contributed by atoms with Crippen molar-refractivity contribution in [2.45, 2.75) is 29.6 Å². The summed E-state index contributed by atoms with van der Waals surface area (Å²) in [7, 11) is -0.493. The Morgan fingerprint density at radius 2 is 1.77 bits per heavy atom. The number of esters is 2. The minimum Gasteiger partial charge on any atom is -0.469 e. The summed E-state index contributed by atoms with van der Waals surface area (Å²) in [4.78, 5) is 26.9. The molecule has 30 heavy (non-hydrogen) atoms. The molecule has 0 saturated heterocycles. The van der Waals surface area contributed by atoms with Gasteiger partial charge in [-0.15, -0.1) is 0 Å². The number of rotatable bonds is 6. The number of carbonyl (C=O) groups excluding carboxylic acids is 2. The number of allylic oxidation sites excluding steroid dienone is 2. The van der Waals surface area contributed by atoms with Gasteiger partial charge in [0.2, 0.25) is 0 Å². The number of fused-ring (bicyclic) bond motifs is 2. The average Bonchev–Trinajstić information content (AvgIpc) is 3.38. The van der Waals surface area contributed by atoms with E-state index in [-0.39, 0.29) is 18.4 Å². The second-order valence-corrected chi connectivity index (χ2v) is 9.51. The standard InChI is InChI=1S/C24H24O5S/c1-16-8-12-20(13-9-16)30(27)24(23(26)29-15-17-6-4-3-5-7-17)19-11-10-18(14-19)21(24)22(25)28-2/h3-13,18-19,21H,14-15H2,1-2H3/t18-,19+,21-,24+,30-/m0/s1. The maximum atomic E-state index is 13.9. The highest BCUT2D eigenvalue weighted by atomic mass is 32.2. The van der Waals surface area contributed by atoms with Crippen LogP contribution in [0.5, 0.6) is 0 Å². The van der Waals surface area contributed by atoms with Crippen molar-refractivity contribution >= 4 is 22.7 Å². The quantitative estimate of drug-likeness (QED) is 0.524. The molecule has 0 amide bonds. The van der Waals surface area contributed by atoms with Crippen molar-refractivity contribution in [1.82, 2.24) is 0 Å². The lowest BCUT2D eigenvalue weighted by atomic mass is 9.82. The van der Waals surface area contributed by atoms with Gasteiger partial charge in [0.1, 0.15) is 6.61 Å². The Labute approximate surface area is 178 Å². The summed E-state index contributed by atoms with van der Waals surface area (Å²) < 4.78 is 23.1. The molecule has 5 atom stereocenters. The highest BCUT2D eigenvalue weighted by Gasteiger charge is 2.68. The van der Waals surface area contributed by atoms with Gasteiger partial charge in [-0.05, 0) is 37.0 Å². The summed E-state index contributed by atoms with van der Waals surface area (Å²) in [6.45, 7) is 2.00. The number of aryl methyl sites for hydroxylation is 1. The Bertz CT molecular complexity index is 998. The molecule has 6 heteroatoms. The summed E-state index contributed by atoms with van der Waals surface area (Å²) in [6.07, 6.45) is 4.42. The third-order valence-electron chi connectivity index (χ3n) is 6.09. The van der Waals surface area contributed by atoms with Crippen molar-refractivity contribution in [1.29, 1.82) is 0 Å². The smallest absolute Gasteiger partial charge is 0.327 e. The van der Waals surface area contributed by atoms with Crippen LogP contribution in [0.2, 0.25) is 0 Å². The first kappa shape index (κ1) is 20.5. The third kappa shape index (κ3) is 3.29. The number of hydrogen-bond acceptors (Lipinski definition) is 5. The van der Waals surface area contributed by atoms with Crippen LogP contribution < -0.4 is 0 Å². The first-order valence-corrected chi connectivity index (χ1v) is 11.1. The molecule has 0 aliphatic heterocycles. The van der Waals surface area contributed by atoms with Crippen molar-refractivity contribution in [3.8, 4) is 0 Å². The number of carbonyl (C=O) groups is 2. The molecule has 2 bridgehead atoms. The summed E-state index contributed by atoms with van der Waals surface area (Å²) in [5.74, 6) is -2.53. The largest absolute Gasteiger partial charge is 0.469 e. The van der Waals surface area contributed by atoms with E-state index < -0.39 is 33.4 Å². The Morgan fingerprint density at radius 1 is 1.07 bits per heavy atom. The van der Waals surface area contributed by atoms with Crippen LogP contribution in [-0.4, -0.2) is 28.0 Å². The highest BCUT2D eigenvalue weighted by Crippen LogP contribution is 2.56. The van der Waals surface area contributed by atoms with E-state index in [9.17, 15) is 13.8 Å². The molecular weight excluding hydrogens is 400 g/mol. The van der Waals surface area contributed by atoms with Gasteiger partial charge in [0, 0.05) is 10.8 Å². The summed E-state index contributed by atoms with van der Waals surface area (Å²) >= 11 is 0. The molecule has 0 spiro atoms. The molecule has 2 aliphatic carbocycles. The molecule has 0 heterocycles. The monoisotopic (exact) mass is 424 g/mol. The minimum absolute atomic E-state index is 0.0571. The molecule has 2 aliphatic rings. The second kappa shape index (κ2) is 8.19. The molecule has 156 valence electrons. The van der Waals surface area contributed by atoms with Gasteiger partial charge in [-0.1, -0.05) is 60.2 Å². The van der Waals surface area contributed by atoms with Gasteiger partial charge in [0.15, 0.2) is 4.75 Å². The maximum Gasteiger partial charge on any atom is 0.327 e. The molecule has 4 rings (SSSR count). The van der Waals surface area contributed by atoms with Crippen LogP contribution in [0.15, 0.2) is 71.6 Å². The van der Waals surface area contributed by atoms with E-state index >= 15 is 0 Å². The third-order valence-corrected chi connectivity index (χ3v) is 8.12. The van der Waals surface area contributed by atoms with E-state index in [0.717, 1.165) is 11.1 Å². The zero-order valence-electron chi connectivity index (χ0n) is 16.9. The molecule has 1 fully saturated rings. The Kier molecular flexibility index (Phi) is 5.60. The summed E-state index contributed by atoms with van der Waals surface area (Å²) in [6, 6.07) is 16.5. The average molecular weight is 425 g/mol. The van der Waals surface area contributed by atoms with Gasteiger partial charge in [-0.3, -0.25) is 13.8 Å². The van der Waals surface area contributed by atoms with Crippen LogP contribution in [0.1, 0.15) is 17.5 Å². The van der Waals surface area contributed by atoms with Gasteiger partial charge in [-0.2, -0.15) is 0 Å². The van der Waals surface area contributed by atoms with Crippen LogP contribution in [0, 0.1) is 24.7 Å². The van der Waals surface area contributed by atoms with Crippen molar-refractivity contribution in [3.63, 3.8) is 0 Å². The van der Waals surface area contributed by atoms with Crippen molar-refractivity contribution in [2.24, 2.45) is 17.8 Å². The van der Waals surface area contributed by atoms with Crippen LogP contribution in [0.4, 0.5) is 0 Å². The van der Waals surface area contributed by atoms with Gasteiger partial charge < -0.3 is 9.47 Å². The lowest BCUT2D eigenvalue weighted by Gasteiger charge is -2.37. The first-order valence-electron chi connectivity index (χ1n) is 9.94. The Hall–Kier alpha value is -2.73. The van der Waals surface area contributed by atoms with Crippen LogP contribution in [0.25, 0.3) is 0 Å². The predicted molar refractivity (Wildman–Crippen MR) is 113 cm³/mol. The summed E-state index contributed by atoms with van der Waals surface area (Å²) in [5, 5.41) is 0. The van der Waals surface area contributed by atoms with Gasteiger partial charge >= 0.3 is 11.9 Å². The highest BCUT2D eigenvalue weighted by molar-refractivity contribution is 7.87. The van der Waals surface area contributed by atoms with Crippen LogP contribution in [-0.2, 0) is 36.5 Å². The lowest BCUT2D eigenvalue weighted by molar-refractivity contribution is -0.158. The first-order chi connectivity index (χ1) is 14.5. The molecule has 0 N–H and O–H groups in total. The molecule has 1 saturated carbocycles. The molecule has 0 radical (unpaired) electrons. The fourth-order valence-electron chi connectivity index (χ4n) is 4.62. The normalized spacial score (nSPS) is 27.6. The van der Waals surface area contributed by atoms with E-state index in [1.807, 2.05) is 61.5 Å². The number of hydrogen-bond donors (Lipinski definition) is 0. The van der Waals surface area contributed by atoms with Crippen LogP contribution >= 0.6 is 0 Å². The second-order valence-electron chi connectivity index (χ2n) is 7.83. The Morgan fingerprint density at radius 3 is 2.43 bits per heavy atom. The van der Waals surface area contributed by atoms with Crippen molar-refractivity contribution < 1.29 is 23.3 Å². The maximum absolute atomic E-state index is 13.9. The van der Waals surface area contributed by atoms with E-state index in [2.05, 4.69) is 0 Å². The number of ether oxygens (including phenoxy) is 2. The van der Waals surface area contributed by atoms with E-state index in [0.29, 0.717) is 11.3 Å². The van der Waals surface area contributed by atoms with Gasteiger partial charge in [0.05, 0.1) is 23.8 Å².